The third kappa shape index (κ3) is 7.20. The lowest BCUT2D eigenvalue weighted by Gasteiger charge is -2.16. The smallest absolute Gasteiger partial charge is 0.305 e. The molecule has 164 valence electrons. The number of ether oxygens (including phenoxy) is 1. The molecule has 2 rings (SSSR count). The van der Waals surface area contributed by atoms with Crippen molar-refractivity contribution in [3.63, 3.8) is 0 Å². The summed E-state index contributed by atoms with van der Waals surface area (Å²) in [6, 6.07) is 9.63. The van der Waals surface area contributed by atoms with E-state index in [4.69, 9.17) is 0 Å². The van der Waals surface area contributed by atoms with Gasteiger partial charge >= 0.3 is 5.97 Å². The molecule has 0 bridgehead atoms. The van der Waals surface area contributed by atoms with Crippen LogP contribution in [0, 0.1) is 0 Å². The molecule has 1 heterocycles. The highest BCUT2D eigenvalue weighted by Crippen LogP contribution is 2.27. The van der Waals surface area contributed by atoms with E-state index in [1.165, 1.54) is 13.2 Å². The van der Waals surface area contributed by atoms with E-state index in [0.29, 0.717) is 24.1 Å². The van der Waals surface area contributed by atoms with Crippen LogP contribution in [0.5, 0.6) is 0 Å². The van der Waals surface area contributed by atoms with Gasteiger partial charge in [-0.2, -0.15) is 0 Å². The van der Waals surface area contributed by atoms with Crippen LogP contribution in [-0.2, 0) is 9.53 Å². The normalized spacial score (nSPS) is 14.7. The van der Waals surface area contributed by atoms with Gasteiger partial charge in [0.2, 0.25) is 0 Å². The summed E-state index contributed by atoms with van der Waals surface area (Å²) < 4.78 is 4.57. The van der Waals surface area contributed by atoms with Gasteiger partial charge in [0.25, 0.3) is 0 Å². The second kappa shape index (κ2) is 12.4. The topological polar surface area (TPSA) is 99.9 Å². The minimum atomic E-state index is -1.10. The number of hydrogen-bond donors (Lipinski definition) is 3. The number of unbranched alkanes of at least 4 members (excludes halogenated alkanes) is 2. The molecule has 0 aliphatic carbocycles. The van der Waals surface area contributed by atoms with Crippen molar-refractivity contribution in [2.75, 3.05) is 7.11 Å². The first-order valence-corrected chi connectivity index (χ1v) is 10.6. The standard InChI is InChI=1S/C24H33NO5/c1-3-4-5-11-21(26)18-16-17-9-6-7-10-19(17)25-20(18)14-15-23(28)22(27)12-8-13-24(29)30-2/h6-7,9-10,14-16,21-23,26-28H,3-5,8,11-13H2,1-2H3/b15-14+/t21-,22-,23+/m0/s1. The minimum absolute atomic E-state index is 0.199. The van der Waals surface area contributed by atoms with Crippen LogP contribution in [0.15, 0.2) is 36.4 Å². The van der Waals surface area contributed by atoms with E-state index >= 15 is 0 Å². The van der Waals surface area contributed by atoms with Crippen molar-refractivity contribution < 1.29 is 24.9 Å². The Morgan fingerprint density at radius 1 is 1.13 bits per heavy atom. The number of nitrogens with zero attached hydrogens (tertiary/aromatic N) is 1. The van der Waals surface area contributed by atoms with Crippen molar-refractivity contribution in [3.8, 4) is 0 Å². The zero-order valence-electron chi connectivity index (χ0n) is 17.8. The maximum absolute atomic E-state index is 11.2. The van der Waals surface area contributed by atoms with Crippen LogP contribution in [0.4, 0.5) is 0 Å². The van der Waals surface area contributed by atoms with Crippen LogP contribution < -0.4 is 0 Å². The molecular formula is C24H33NO5. The third-order valence-corrected chi connectivity index (χ3v) is 5.18. The second-order valence-corrected chi connectivity index (χ2v) is 7.55. The fourth-order valence-corrected chi connectivity index (χ4v) is 3.34. The average Bonchev–Trinajstić information content (AvgIpc) is 2.76. The van der Waals surface area contributed by atoms with Gasteiger partial charge in [-0.1, -0.05) is 50.5 Å². The maximum atomic E-state index is 11.2. The van der Waals surface area contributed by atoms with Crippen LogP contribution in [0.3, 0.4) is 0 Å². The summed E-state index contributed by atoms with van der Waals surface area (Å²) in [5.41, 5.74) is 2.10. The highest BCUT2D eigenvalue weighted by atomic mass is 16.5. The Labute approximate surface area is 178 Å². The van der Waals surface area contributed by atoms with Gasteiger partial charge in [-0.25, -0.2) is 4.98 Å². The van der Waals surface area contributed by atoms with E-state index in [1.54, 1.807) is 6.08 Å². The van der Waals surface area contributed by atoms with Gasteiger partial charge < -0.3 is 20.1 Å². The Bertz CT molecular complexity index is 835. The molecule has 2 aromatic rings. The highest BCUT2D eigenvalue weighted by Gasteiger charge is 2.16. The van der Waals surface area contributed by atoms with Crippen molar-refractivity contribution in [2.45, 2.75) is 70.2 Å². The molecule has 0 aliphatic heterocycles. The first kappa shape index (κ1) is 24.0. The molecule has 0 aliphatic rings. The largest absolute Gasteiger partial charge is 0.469 e. The van der Waals surface area contributed by atoms with Gasteiger partial charge in [0, 0.05) is 17.4 Å². The van der Waals surface area contributed by atoms with Crippen LogP contribution in [0.1, 0.15) is 69.2 Å². The first-order chi connectivity index (χ1) is 14.5. The van der Waals surface area contributed by atoms with Crippen LogP contribution in [-0.4, -0.2) is 45.6 Å². The van der Waals surface area contributed by atoms with Crippen LogP contribution in [0.25, 0.3) is 17.0 Å². The van der Waals surface area contributed by atoms with Crippen molar-refractivity contribution in [2.24, 2.45) is 0 Å². The number of pyridine rings is 1. The summed E-state index contributed by atoms with van der Waals surface area (Å²) in [4.78, 5) is 15.8. The summed E-state index contributed by atoms with van der Waals surface area (Å²) in [6.07, 6.45) is 5.01. The average molecular weight is 416 g/mol. The quantitative estimate of drug-likeness (QED) is 0.359. The molecule has 0 fully saturated rings. The number of carbonyl (C=O) groups is 1. The van der Waals surface area contributed by atoms with Crippen molar-refractivity contribution in [1.29, 1.82) is 0 Å². The lowest BCUT2D eigenvalue weighted by molar-refractivity contribution is -0.140. The van der Waals surface area contributed by atoms with Crippen molar-refractivity contribution in [3.05, 3.63) is 47.7 Å². The molecule has 6 nitrogen and oxygen atoms in total. The molecule has 0 saturated heterocycles. The summed E-state index contributed by atoms with van der Waals surface area (Å²) in [5.74, 6) is -0.339. The number of aromatic nitrogens is 1. The third-order valence-electron chi connectivity index (χ3n) is 5.18. The van der Waals surface area contributed by atoms with Crippen LogP contribution in [0.2, 0.25) is 0 Å². The molecule has 3 atom stereocenters. The second-order valence-electron chi connectivity index (χ2n) is 7.55. The van der Waals surface area contributed by atoms with E-state index in [2.05, 4.69) is 16.6 Å². The summed E-state index contributed by atoms with van der Waals surface area (Å²) >= 11 is 0. The van der Waals surface area contributed by atoms with Gasteiger partial charge in [-0.3, -0.25) is 4.79 Å². The van der Waals surface area contributed by atoms with Gasteiger partial charge in [0.1, 0.15) is 0 Å². The number of aliphatic hydroxyl groups is 3. The highest BCUT2D eigenvalue weighted by molar-refractivity contribution is 5.81. The lowest BCUT2D eigenvalue weighted by atomic mass is 9.98. The molecular weight excluding hydrogens is 382 g/mol. The summed E-state index contributed by atoms with van der Waals surface area (Å²) in [7, 11) is 1.32. The Hall–Kier alpha value is -2.28. The zero-order chi connectivity index (χ0) is 21.9. The minimum Gasteiger partial charge on any atom is -0.469 e. The number of hydrogen-bond acceptors (Lipinski definition) is 6. The zero-order valence-corrected chi connectivity index (χ0v) is 17.8. The molecule has 0 radical (unpaired) electrons. The molecule has 6 heteroatoms. The van der Waals surface area contributed by atoms with E-state index < -0.39 is 18.3 Å². The number of benzene rings is 1. The molecule has 30 heavy (non-hydrogen) atoms. The Morgan fingerprint density at radius 3 is 2.63 bits per heavy atom. The molecule has 1 aromatic carbocycles. The Kier molecular flexibility index (Phi) is 9.94. The number of aliphatic hydroxyl groups excluding tert-OH is 3. The number of para-hydroxylation sites is 1. The number of carbonyl (C=O) groups excluding carboxylic acids is 1. The van der Waals surface area contributed by atoms with Crippen LogP contribution >= 0.6 is 0 Å². The fourth-order valence-electron chi connectivity index (χ4n) is 3.34. The summed E-state index contributed by atoms with van der Waals surface area (Å²) in [6.45, 7) is 2.12. The Balaban J connectivity index is 2.15. The van der Waals surface area contributed by atoms with Crippen molar-refractivity contribution >= 4 is 22.9 Å². The Morgan fingerprint density at radius 2 is 1.90 bits per heavy atom. The van der Waals surface area contributed by atoms with Gasteiger partial charge in [0.15, 0.2) is 0 Å². The molecule has 0 unspecified atom stereocenters. The molecule has 0 spiro atoms. The van der Waals surface area contributed by atoms with Gasteiger partial charge in [-0.05, 0) is 37.5 Å². The van der Waals surface area contributed by atoms with E-state index in [9.17, 15) is 20.1 Å². The number of rotatable bonds is 12. The van der Waals surface area contributed by atoms with Gasteiger partial charge in [-0.15, -0.1) is 0 Å². The number of fused-ring (bicyclic) bond motifs is 1. The lowest BCUT2D eigenvalue weighted by Crippen LogP contribution is -2.23. The molecule has 0 amide bonds. The monoisotopic (exact) mass is 415 g/mol. The first-order valence-electron chi connectivity index (χ1n) is 10.6. The molecule has 3 N–H and O–H groups in total. The molecule has 0 saturated carbocycles. The fraction of sp³-hybridized carbons (Fsp3) is 0.500. The van der Waals surface area contributed by atoms with Crippen molar-refractivity contribution in [1.82, 2.24) is 4.98 Å². The predicted molar refractivity (Wildman–Crippen MR) is 118 cm³/mol. The number of esters is 1. The molecule has 1 aromatic heterocycles. The van der Waals surface area contributed by atoms with E-state index in [1.807, 2.05) is 30.3 Å². The predicted octanol–water partition coefficient (Wildman–Crippen LogP) is 3.93. The van der Waals surface area contributed by atoms with E-state index in [0.717, 1.165) is 30.2 Å². The summed E-state index contributed by atoms with van der Waals surface area (Å²) in [5, 5.41) is 32.1. The van der Waals surface area contributed by atoms with Gasteiger partial charge in [0.05, 0.1) is 36.6 Å². The maximum Gasteiger partial charge on any atom is 0.305 e. The SMILES string of the molecule is CCCCC[C@H](O)c1cc2ccccc2nc1/C=C/[C@@H](O)[C@@H](O)CCCC(=O)OC. The van der Waals surface area contributed by atoms with E-state index in [-0.39, 0.29) is 18.8 Å². The number of methoxy groups -OCH3 is 1.